The summed E-state index contributed by atoms with van der Waals surface area (Å²) in [5, 5.41) is 3.69. The van der Waals surface area contributed by atoms with Gasteiger partial charge in [-0.15, -0.1) is 0 Å². The fraction of sp³-hybridized carbons (Fsp3) is 0.333. The maximum atomic E-state index is 13.8. The maximum absolute atomic E-state index is 13.8. The van der Waals surface area contributed by atoms with E-state index in [4.69, 9.17) is 0 Å². The Balaban J connectivity index is 1.86. The molecule has 0 saturated heterocycles. The van der Waals surface area contributed by atoms with Crippen LogP contribution in [0.25, 0.3) is 10.9 Å². The summed E-state index contributed by atoms with van der Waals surface area (Å²) >= 11 is 0. The van der Waals surface area contributed by atoms with E-state index in [1.165, 1.54) is 12.3 Å². The standard InChI is InChI=1S/C24H27FN2O/c1-4-17(2)14-24(3,15-18-9-6-5-7-10-18)23(28)27-20-13-19-11-8-12-21(25)22(19)26-16-20/h5-13,16-17H,4,14-15H2,1-3H3,(H,27,28). The van der Waals surface area contributed by atoms with Crippen LogP contribution in [0.2, 0.25) is 0 Å². The number of amides is 1. The van der Waals surface area contributed by atoms with E-state index in [-0.39, 0.29) is 11.7 Å². The number of halogens is 1. The van der Waals surface area contributed by atoms with Crippen LogP contribution in [-0.2, 0) is 11.2 Å². The van der Waals surface area contributed by atoms with Crippen LogP contribution >= 0.6 is 0 Å². The molecule has 2 atom stereocenters. The molecule has 0 bridgehead atoms. The molecule has 0 aliphatic carbocycles. The number of hydrogen-bond acceptors (Lipinski definition) is 2. The van der Waals surface area contributed by atoms with Gasteiger partial charge in [-0.05, 0) is 36.5 Å². The molecular weight excluding hydrogens is 351 g/mol. The molecule has 0 aliphatic heterocycles. The van der Waals surface area contributed by atoms with Crippen LogP contribution in [-0.4, -0.2) is 10.9 Å². The summed E-state index contributed by atoms with van der Waals surface area (Å²) in [6.07, 6.45) is 4.00. The van der Waals surface area contributed by atoms with Gasteiger partial charge in [0.1, 0.15) is 11.3 Å². The summed E-state index contributed by atoms with van der Waals surface area (Å²) in [4.78, 5) is 17.5. The van der Waals surface area contributed by atoms with Crippen LogP contribution in [0.5, 0.6) is 0 Å². The summed E-state index contributed by atoms with van der Waals surface area (Å²) in [6, 6.07) is 16.7. The average Bonchev–Trinajstić information content (AvgIpc) is 2.68. The quantitative estimate of drug-likeness (QED) is 0.548. The number of nitrogens with zero attached hydrogens (tertiary/aromatic N) is 1. The lowest BCUT2D eigenvalue weighted by Crippen LogP contribution is -2.37. The van der Waals surface area contributed by atoms with E-state index < -0.39 is 5.41 Å². The van der Waals surface area contributed by atoms with Gasteiger partial charge in [0.15, 0.2) is 0 Å². The normalized spacial score (nSPS) is 14.4. The molecule has 3 nitrogen and oxygen atoms in total. The Labute approximate surface area is 166 Å². The van der Waals surface area contributed by atoms with Crippen LogP contribution < -0.4 is 5.32 Å². The summed E-state index contributed by atoms with van der Waals surface area (Å²) in [5.74, 6) is 0.0403. The van der Waals surface area contributed by atoms with E-state index in [0.29, 0.717) is 28.9 Å². The van der Waals surface area contributed by atoms with Crippen molar-refractivity contribution in [3.8, 4) is 0 Å². The third-order valence-corrected chi connectivity index (χ3v) is 5.40. The molecule has 0 spiro atoms. The van der Waals surface area contributed by atoms with Gasteiger partial charge in [0.25, 0.3) is 0 Å². The van der Waals surface area contributed by atoms with Gasteiger partial charge in [-0.25, -0.2) is 4.39 Å². The van der Waals surface area contributed by atoms with Gasteiger partial charge < -0.3 is 5.32 Å². The first-order chi connectivity index (χ1) is 13.4. The van der Waals surface area contributed by atoms with Gasteiger partial charge in [-0.2, -0.15) is 0 Å². The van der Waals surface area contributed by atoms with Crippen molar-refractivity contribution < 1.29 is 9.18 Å². The number of fused-ring (bicyclic) bond motifs is 1. The number of aromatic nitrogens is 1. The molecule has 146 valence electrons. The first kappa shape index (κ1) is 20.0. The molecule has 3 aromatic rings. The first-order valence-electron chi connectivity index (χ1n) is 9.81. The van der Waals surface area contributed by atoms with Crippen molar-refractivity contribution in [3.63, 3.8) is 0 Å². The van der Waals surface area contributed by atoms with Crippen LogP contribution in [0.4, 0.5) is 10.1 Å². The lowest BCUT2D eigenvalue weighted by atomic mass is 9.75. The van der Waals surface area contributed by atoms with Gasteiger partial charge >= 0.3 is 0 Å². The molecule has 28 heavy (non-hydrogen) atoms. The topological polar surface area (TPSA) is 42.0 Å². The Morgan fingerprint density at radius 1 is 1.18 bits per heavy atom. The predicted octanol–water partition coefficient (Wildman–Crippen LogP) is 6.00. The molecule has 0 radical (unpaired) electrons. The van der Waals surface area contributed by atoms with Crippen molar-refractivity contribution in [1.29, 1.82) is 0 Å². The fourth-order valence-corrected chi connectivity index (χ4v) is 3.68. The van der Waals surface area contributed by atoms with Gasteiger partial charge in [0.2, 0.25) is 5.91 Å². The van der Waals surface area contributed by atoms with Crippen LogP contribution in [0.1, 0.15) is 39.2 Å². The number of para-hydroxylation sites is 1. The SMILES string of the molecule is CCC(C)CC(C)(Cc1ccccc1)C(=O)Nc1cnc2c(F)cccc2c1. The zero-order valence-electron chi connectivity index (χ0n) is 16.7. The Morgan fingerprint density at radius 3 is 2.64 bits per heavy atom. The number of hydrogen-bond donors (Lipinski definition) is 1. The van der Waals surface area contributed by atoms with Gasteiger partial charge in [-0.3, -0.25) is 9.78 Å². The van der Waals surface area contributed by atoms with E-state index in [1.54, 1.807) is 18.2 Å². The van der Waals surface area contributed by atoms with Crippen molar-refractivity contribution >= 4 is 22.5 Å². The van der Waals surface area contributed by atoms with Crippen LogP contribution in [0, 0.1) is 17.2 Å². The lowest BCUT2D eigenvalue weighted by Gasteiger charge is -2.31. The maximum Gasteiger partial charge on any atom is 0.230 e. The minimum Gasteiger partial charge on any atom is -0.324 e. The number of anilines is 1. The second-order valence-corrected chi connectivity index (χ2v) is 7.93. The Kier molecular flexibility index (Phi) is 6.08. The number of carbonyl (C=O) groups excluding carboxylic acids is 1. The predicted molar refractivity (Wildman–Crippen MR) is 113 cm³/mol. The minimum atomic E-state index is -0.548. The molecule has 1 aromatic heterocycles. The van der Waals surface area contributed by atoms with E-state index in [1.807, 2.05) is 25.1 Å². The summed E-state index contributed by atoms with van der Waals surface area (Å²) in [6.45, 7) is 6.35. The highest BCUT2D eigenvalue weighted by Gasteiger charge is 2.34. The van der Waals surface area contributed by atoms with E-state index in [0.717, 1.165) is 18.4 Å². The Bertz CT molecular complexity index is 957. The molecule has 1 heterocycles. The zero-order chi connectivity index (χ0) is 20.1. The van der Waals surface area contributed by atoms with Crippen molar-refractivity contribution in [3.05, 3.63) is 72.2 Å². The van der Waals surface area contributed by atoms with E-state index in [9.17, 15) is 9.18 Å². The van der Waals surface area contributed by atoms with Crippen molar-refractivity contribution in [2.24, 2.45) is 11.3 Å². The highest BCUT2D eigenvalue weighted by Crippen LogP contribution is 2.33. The molecule has 3 rings (SSSR count). The highest BCUT2D eigenvalue weighted by atomic mass is 19.1. The molecule has 0 fully saturated rings. The third kappa shape index (κ3) is 4.56. The zero-order valence-corrected chi connectivity index (χ0v) is 16.7. The van der Waals surface area contributed by atoms with Crippen molar-refractivity contribution in [1.82, 2.24) is 4.98 Å². The smallest absolute Gasteiger partial charge is 0.230 e. The molecule has 2 aromatic carbocycles. The number of carbonyl (C=O) groups is 1. The average molecular weight is 378 g/mol. The molecule has 1 N–H and O–H groups in total. The lowest BCUT2D eigenvalue weighted by molar-refractivity contribution is -0.125. The van der Waals surface area contributed by atoms with E-state index >= 15 is 0 Å². The number of nitrogens with one attached hydrogen (secondary N) is 1. The molecule has 0 aliphatic rings. The van der Waals surface area contributed by atoms with Gasteiger partial charge in [0, 0.05) is 5.39 Å². The second-order valence-electron chi connectivity index (χ2n) is 7.93. The molecule has 0 saturated carbocycles. The highest BCUT2D eigenvalue weighted by molar-refractivity contribution is 5.96. The first-order valence-corrected chi connectivity index (χ1v) is 9.81. The third-order valence-electron chi connectivity index (χ3n) is 5.40. The van der Waals surface area contributed by atoms with Crippen LogP contribution in [0.3, 0.4) is 0 Å². The number of rotatable bonds is 7. The molecule has 4 heteroatoms. The Morgan fingerprint density at radius 2 is 1.93 bits per heavy atom. The van der Waals surface area contributed by atoms with Crippen molar-refractivity contribution in [2.45, 2.75) is 40.0 Å². The van der Waals surface area contributed by atoms with Crippen molar-refractivity contribution in [2.75, 3.05) is 5.32 Å². The number of pyridine rings is 1. The van der Waals surface area contributed by atoms with Crippen LogP contribution in [0.15, 0.2) is 60.8 Å². The summed E-state index contributed by atoms with van der Waals surface area (Å²) < 4.78 is 13.8. The fourth-order valence-electron chi connectivity index (χ4n) is 3.68. The van der Waals surface area contributed by atoms with Gasteiger partial charge in [-0.1, -0.05) is 69.7 Å². The van der Waals surface area contributed by atoms with Gasteiger partial charge in [0.05, 0.1) is 17.3 Å². The molecule has 1 amide bonds. The Hall–Kier alpha value is -2.75. The second kappa shape index (κ2) is 8.51. The number of benzene rings is 2. The monoisotopic (exact) mass is 378 g/mol. The van der Waals surface area contributed by atoms with E-state index in [2.05, 4.69) is 36.3 Å². The minimum absolute atomic E-state index is 0.0331. The summed E-state index contributed by atoms with van der Waals surface area (Å²) in [5.41, 5.74) is 1.49. The molecule has 2 unspecified atom stereocenters. The largest absolute Gasteiger partial charge is 0.324 e. The summed E-state index contributed by atoms with van der Waals surface area (Å²) in [7, 11) is 0. The molecular formula is C24H27FN2O.